The molecule has 0 saturated heterocycles. The molecular formula is C11H9NO3S. The maximum absolute atomic E-state index is 12.3. The molecule has 1 heterocycles. The van der Waals surface area contributed by atoms with Gasteiger partial charge in [0.15, 0.2) is 0 Å². The van der Waals surface area contributed by atoms with Gasteiger partial charge < -0.3 is 5.11 Å². The molecule has 1 aliphatic heterocycles. The van der Waals surface area contributed by atoms with Crippen LogP contribution in [0.15, 0.2) is 51.3 Å². The summed E-state index contributed by atoms with van der Waals surface area (Å²) in [6.45, 7) is 0. The molecule has 0 amide bonds. The Labute approximate surface area is 93.1 Å². The third-order valence-corrected chi connectivity index (χ3v) is 3.98. The number of rotatable bonds is 2. The van der Waals surface area contributed by atoms with E-state index in [1.807, 2.05) is 6.07 Å². The number of carboxylic acids is 1. The Hall–Kier alpha value is -1.88. The fourth-order valence-electron chi connectivity index (χ4n) is 1.26. The summed E-state index contributed by atoms with van der Waals surface area (Å²) in [5.41, 5.74) is 0.0370. The van der Waals surface area contributed by atoms with Crippen LogP contribution in [0, 0.1) is 0 Å². The largest absolute Gasteiger partial charge is 0.478 e. The molecule has 1 aromatic rings. The van der Waals surface area contributed by atoms with E-state index in [9.17, 15) is 9.00 Å². The van der Waals surface area contributed by atoms with E-state index in [2.05, 4.69) is 4.40 Å². The molecule has 1 atom stereocenters. The normalized spacial score (nSPS) is 23.4. The van der Waals surface area contributed by atoms with Crippen molar-refractivity contribution in [3.05, 3.63) is 42.0 Å². The Morgan fingerprint density at radius 2 is 1.94 bits per heavy atom. The molecule has 1 unspecified atom stereocenters. The van der Waals surface area contributed by atoms with Crippen LogP contribution in [0.25, 0.3) is 0 Å². The number of carbonyl (C=O) groups is 1. The second-order valence-electron chi connectivity index (χ2n) is 3.18. The topological polar surface area (TPSA) is 66.7 Å². The van der Waals surface area contributed by atoms with E-state index >= 15 is 0 Å². The lowest BCUT2D eigenvalue weighted by Gasteiger charge is -2.08. The molecule has 0 radical (unpaired) electrons. The number of benzene rings is 1. The van der Waals surface area contributed by atoms with Gasteiger partial charge in [-0.2, -0.15) is 4.40 Å². The smallest absolute Gasteiger partial charge is 0.337 e. The monoisotopic (exact) mass is 235 g/mol. The van der Waals surface area contributed by atoms with E-state index in [1.54, 1.807) is 24.3 Å². The zero-order valence-corrected chi connectivity index (χ0v) is 9.05. The number of allylic oxidation sites excluding steroid dienone is 1. The SMILES string of the molecule is O=C(O)C1=CC=S(=O)(c2ccccc2)N=C1. The van der Waals surface area contributed by atoms with Crippen LogP contribution in [0.2, 0.25) is 0 Å². The van der Waals surface area contributed by atoms with Gasteiger partial charge in [-0.25, -0.2) is 9.00 Å². The molecule has 0 spiro atoms. The van der Waals surface area contributed by atoms with E-state index in [4.69, 9.17) is 5.11 Å². The molecule has 1 aliphatic rings. The van der Waals surface area contributed by atoms with E-state index in [0.717, 1.165) is 6.21 Å². The lowest BCUT2D eigenvalue weighted by Crippen LogP contribution is -2.11. The summed E-state index contributed by atoms with van der Waals surface area (Å²) in [4.78, 5) is 11.2. The van der Waals surface area contributed by atoms with Gasteiger partial charge in [0.05, 0.1) is 16.7 Å². The van der Waals surface area contributed by atoms with Crippen molar-refractivity contribution < 1.29 is 14.1 Å². The molecule has 0 bridgehead atoms. The van der Waals surface area contributed by atoms with Crippen LogP contribution >= 0.6 is 0 Å². The highest BCUT2D eigenvalue weighted by Gasteiger charge is 2.13. The maximum Gasteiger partial charge on any atom is 0.337 e. The zero-order chi connectivity index (χ0) is 11.6. The van der Waals surface area contributed by atoms with E-state index in [0.29, 0.717) is 4.90 Å². The molecular weight excluding hydrogens is 226 g/mol. The average Bonchev–Trinajstić information content (AvgIpc) is 2.31. The van der Waals surface area contributed by atoms with Gasteiger partial charge in [0.1, 0.15) is 9.71 Å². The van der Waals surface area contributed by atoms with Crippen molar-refractivity contribution in [1.29, 1.82) is 0 Å². The quantitative estimate of drug-likeness (QED) is 0.782. The number of aliphatic carboxylic acids is 1. The second kappa shape index (κ2) is 3.94. The summed E-state index contributed by atoms with van der Waals surface area (Å²) in [5, 5.41) is 10.0. The third kappa shape index (κ3) is 1.90. The number of carboxylic acid groups (broad SMARTS) is 1. The van der Waals surface area contributed by atoms with Gasteiger partial charge in [-0.05, 0) is 18.2 Å². The minimum atomic E-state index is -2.63. The Bertz CT molecular complexity index is 593. The van der Waals surface area contributed by atoms with Crippen molar-refractivity contribution in [3.63, 3.8) is 0 Å². The number of hydrogen-bond acceptors (Lipinski definition) is 2. The van der Waals surface area contributed by atoms with Crippen LogP contribution in [0.5, 0.6) is 0 Å². The van der Waals surface area contributed by atoms with Crippen molar-refractivity contribution in [2.75, 3.05) is 0 Å². The molecule has 4 nitrogen and oxygen atoms in total. The lowest BCUT2D eigenvalue weighted by atomic mass is 10.3. The second-order valence-corrected chi connectivity index (χ2v) is 5.27. The molecule has 2 rings (SSSR count). The zero-order valence-electron chi connectivity index (χ0n) is 8.24. The minimum Gasteiger partial charge on any atom is -0.478 e. The van der Waals surface area contributed by atoms with Crippen molar-refractivity contribution >= 4 is 27.3 Å². The molecule has 0 aliphatic carbocycles. The molecule has 5 heteroatoms. The highest BCUT2D eigenvalue weighted by atomic mass is 32.2. The first-order valence-corrected chi connectivity index (χ1v) is 6.12. The molecule has 82 valence electrons. The van der Waals surface area contributed by atoms with Gasteiger partial charge in [-0.3, -0.25) is 0 Å². The highest BCUT2D eigenvalue weighted by molar-refractivity contribution is 8.00. The van der Waals surface area contributed by atoms with Crippen molar-refractivity contribution in [2.45, 2.75) is 4.90 Å². The first-order valence-electron chi connectivity index (χ1n) is 4.55. The summed E-state index contributed by atoms with van der Waals surface area (Å²) in [5.74, 6) is -1.07. The van der Waals surface area contributed by atoms with E-state index < -0.39 is 15.7 Å². The van der Waals surface area contributed by atoms with Crippen molar-refractivity contribution in [2.24, 2.45) is 4.40 Å². The summed E-state index contributed by atoms with van der Waals surface area (Å²) in [7, 11) is -2.63. The van der Waals surface area contributed by atoms with E-state index in [1.165, 1.54) is 11.4 Å². The van der Waals surface area contributed by atoms with Crippen LogP contribution in [0.3, 0.4) is 0 Å². The van der Waals surface area contributed by atoms with Gasteiger partial charge in [-0.1, -0.05) is 18.2 Å². The van der Waals surface area contributed by atoms with Crippen molar-refractivity contribution in [3.8, 4) is 0 Å². The summed E-state index contributed by atoms with van der Waals surface area (Å²) in [6.07, 6.45) is 2.46. The average molecular weight is 235 g/mol. The standard InChI is InChI=1S/C11H9NO3S/c13-11(14)9-6-7-16(15,12-8-9)10-4-2-1-3-5-10/h1-8H,(H,13,14). The molecule has 0 fully saturated rings. The van der Waals surface area contributed by atoms with Crippen molar-refractivity contribution in [1.82, 2.24) is 0 Å². The minimum absolute atomic E-state index is 0.0370. The first kappa shape index (κ1) is 10.6. The number of hydrogen-bond donors (Lipinski definition) is 1. The fraction of sp³-hybridized carbons (Fsp3) is 0. The molecule has 16 heavy (non-hydrogen) atoms. The Morgan fingerprint density at radius 1 is 1.25 bits per heavy atom. The summed E-state index contributed by atoms with van der Waals surface area (Å²) < 4.78 is 16.1. The van der Waals surface area contributed by atoms with Gasteiger partial charge in [0.2, 0.25) is 0 Å². The van der Waals surface area contributed by atoms with Gasteiger partial charge in [0.25, 0.3) is 0 Å². The summed E-state index contributed by atoms with van der Waals surface area (Å²) in [6, 6.07) is 8.76. The molecule has 1 N–H and O–H groups in total. The highest BCUT2D eigenvalue weighted by Crippen LogP contribution is 2.15. The molecule has 0 saturated carbocycles. The van der Waals surface area contributed by atoms with Crippen LogP contribution in [-0.2, 0) is 14.5 Å². The maximum atomic E-state index is 12.3. The van der Waals surface area contributed by atoms with E-state index in [-0.39, 0.29) is 5.57 Å². The third-order valence-electron chi connectivity index (χ3n) is 2.11. The van der Waals surface area contributed by atoms with Crippen LogP contribution < -0.4 is 0 Å². The number of nitrogens with zero attached hydrogens (tertiary/aromatic N) is 1. The Balaban J connectivity index is 2.50. The lowest BCUT2D eigenvalue weighted by molar-refractivity contribution is -0.131. The first-order chi connectivity index (χ1) is 7.62. The van der Waals surface area contributed by atoms with Gasteiger partial charge in [-0.15, -0.1) is 0 Å². The van der Waals surface area contributed by atoms with Gasteiger partial charge in [0, 0.05) is 5.37 Å². The molecule has 1 aromatic carbocycles. The van der Waals surface area contributed by atoms with Gasteiger partial charge >= 0.3 is 5.97 Å². The van der Waals surface area contributed by atoms with Crippen LogP contribution in [-0.4, -0.2) is 26.9 Å². The molecule has 0 aromatic heterocycles. The fourth-order valence-corrected chi connectivity index (χ4v) is 2.76. The van der Waals surface area contributed by atoms with Crippen LogP contribution in [0.1, 0.15) is 0 Å². The predicted molar refractivity (Wildman–Crippen MR) is 63.1 cm³/mol. The Kier molecular flexibility index (Phi) is 2.62. The predicted octanol–water partition coefficient (Wildman–Crippen LogP) is 1.14. The summed E-state index contributed by atoms with van der Waals surface area (Å²) >= 11 is 0. The Morgan fingerprint density at radius 3 is 2.44 bits per heavy atom. The van der Waals surface area contributed by atoms with Crippen LogP contribution in [0.4, 0.5) is 0 Å².